The van der Waals surface area contributed by atoms with Gasteiger partial charge in [-0.3, -0.25) is 4.90 Å². The smallest absolute Gasteiger partial charge is 0.214 e. The van der Waals surface area contributed by atoms with E-state index in [1.54, 1.807) is 4.31 Å². The maximum Gasteiger partial charge on any atom is 0.214 e. The molecule has 6 heteroatoms. The Kier molecular flexibility index (Phi) is 6.35. The molecule has 3 saturated heterocycles. The van der Waals surface area contributed by atoms with Gasteiger partial charge < -0.3 is 4.74 Å². The third-order valence-electron chi connectivity index (χ3n) is 5.63. The number of piperidine rings is 1. The van der Waals surface area contributed by atoms with Crippen molar-refractivity contribution in [1.29, 1.82) is 0 Å². The van der Waals surface area contributed by atoms with E-state index in [2.05, 4.69) is 4.90 Å². The molecule has 3 heterocycles. The van der Waals surface area contributed by atoms with Gasteiger partial charge in [0.15, 0.2) is 0 Å². The minimum atomic E-state index is -3.12. The number of nitrogens with zero attached hydrogens (tertiary/aromatic N) is 2. The average Bonchev–Trinajstić information content (AvgIpc) is 2.94. The van der Waals surface area contributed by atoms with Crippen molar-refractivity contribution in [2.45, 2.75) is 69.9 Å². The molecule has 0 N–H and O–H groups in total. The van der Waals surface area contributed by atoms with E-state index in [1.807, 2.05) is 0 Å². The Morgan fingerprint density at radius 3 is 2.39 bits per heavy atom. The molecule has 134 valence electrons. The summed E-state index contributed by atoms with van der Waals surface area (Å²) in [5.74, 6) is 0.254. The number of rotatable bonds is 5. The number of hydrogen-bond acceptors (Lipinski definition) is 4. The van der Waals surface area contributed by atoms with Crippen molar-refractivity contribution in [3.05, 3.63) is 0 Å². The second-order valence-electron chi connectivity index (χ2n) is 7.34. The first-order valence-electron chi connectivity index (χ1n) is 9.49. The van der Waals surface area contributed by atoms with Crippen LogP contribution < -0.4 is 0 Å². The van der Waals surface area contributed by atoms with Gasteiger partial charge in [-0.2, -0.15) is 0 Å². The van der Waals surface area contributed by atoms with Gasteiger partial charge in [0.05, 0.1) is 11.9 Å². The van der Waals surface area contributed by atoms with Gasteiger partial charge in [0.2, 0.25) is 10.0 Å². The monoisotopic (exact) mass is 344 g/mol. The second-order valence-corrected chi connectivity index (χ2v) is 9.43. The highest BCUT2D eigenvalue weighted by Gasteiger charge is 2.32. The Balaban J connectivity index is 1.53. The van der Waals surface area contributed by atoms with Crippen molar-refractivity contribution < 1.29 is 13.2 Å². The highest BCUT2D eigenvalue weighted by atomic mass is 32.2. The third-order valence-corrected chi connectivity index (χ3v) is 7.50. The van der Waals surface area contributed by atoms with Crippen molar-refractivity contribution in [2.24, 2.45) is 0 Å². The average molecular weight is 345 g/mol. The van der Waals surface area contributed by atoms with Crippen molar-refractivity contribution in [2.75, 3.05) is 38.5 Å². The highest BCUT2D eigenvalue weighted by Crippen LogP contribution is 2.23. The molecule has 2 atom stereocenters. The standard InChI is InChI=1S/C17H32N2O3S/c20-23(21,14-9-17-8-6-13-22-17)19-12-5-7-16(15-19)18-10-3-1-2-4-11-18/h16-17H,1-15H2/t16-,17-/m0/s1. The molecule has 0 spiro atoms. The lowest BCUT2D eigenvalue weighted by Crippen LogP contribution is -2.50. The summed E-state index contributed by atoms with van der Waals surface area (Å²) in [5, 5.41) is 0. The van der Waals surface area contributed by atoms with Crippen LogP contribution in [0.4, 0.5) is 0 Å². The summed E-state index contributed by atoms with van der Waals surface area (Å²) in [6.07, 6.45) is 10.3. The summed E-state index contributed by atoms with van der Waals surface area (Å²) < 4.78 is 32.7. The van der Waals surface area contributed by atoms with E-state index >= 15 is 0 Å². The lowest BCUT2D eigenvalue weighted by Gasteiger charge is -2.38. The van der Waals surface area contributed by atoms with Gasteiger partial charge in [-0.15, -0.1) is 0 Å². The first-order valence-corrected chi connectivity index (χ1v) is 11.1. The molecular weight excluding hydrogens is 312 g/mol. The lowest BCUT2D eigenvalue weighted by atomic mass is 10.1. The maximum absolute atomic E-state index is 12.7. The number of sulfonamides is 1. The van der Waals surface area contributed by atoms with Gasteiger partial charge in [0, 0.05) is 25.7 Å². The fraction of sp³-hybridized carbons (Fsp3) is 1.00. The molecule has 0 aromatic carbocycles. The van der Waals surface area contributed by atoms with Gasteiger partial charge in [0.1, 0.15) is 0 Å². The third kappa shape index (κ3) is 4.91. The summed E-state index contributed by atoms with van der Waals surface area (Å²) in [4.78, 5) is 2.55. The van der Waals surface area contributed by atoms with Crippen LogP contribution in [-0.4, -0.2) is 68.3 Å². The summed E-state index contributed by atoms with van der Waals surface area (Å²) in [7, 11) is -3.12. The zero-order valence-corrected chi connectivity index (χ0v) is 15.1. The number of hydrogen-bond donors (Lipinski definition) is 0. The fourth-order valence-electron chi connectivity index (χ4n) is 4.21. The van der Waals surface area contributed by atoms with E-state index in [0.717, 1.165) is 45.4 Å². The topological polar surface area (TPSA) is 49.9 Å². The maximum atomic E-state index is 12.7. The first kappa shape index (κ1) is 17.6. The van der Waals surface area contributed by atoms with Crippen LogP contribution in [0.1, 0.15) is 57.8 Å². The van der Waals surface area contributed by atoms with Gasteiger partial charge >= 0.3 is 0 Å². The Morgan fingerprint density at radius 2 is 1.70 bits per heavy atom. The SMILES string of the molecule is O=S(=O)(CC[C@@H]1CCCO1)N1CCC[C@H](N2CCCCCC2)C1. The molecule has 3 aliphatic heterocycles. The van der Waals surface area contributed by atoms with E-state index in [9.17, 15) is 8.42 Å². The van der Waals surface area contributed by atoms with Crippen LogP contribution in [0.2, 0.25) is 0 Å². The van der Waals surface area contributed by atoms with Crippen LogP contribution in [0.25, 0.3) is 0 Å². The second kappa shape index (κ2) is 8.28. The quantitative estimate of drug-likeness (QED) is 0.767. The summed E-state index contributed by atoms with van der Waals surface area (Å²) in [5.41, 5.74) is 0. The molecule has 5 nitrogen and oxygen atoms in total. The van der Waals surface area contributed by atoms with Gasteiger partial charge in [-0.05, 0) is 58.0 Å². The lowest BCUT2D eigenvalue weighted by molar-refractivity contribution is 0.108. The molecule has 0 aromatic heterocycles. The van der Waals surface area contributed by atoms with Gasteiger partial charge in [0.25, 0.3) is 0 Å². The number of ether oxygens (including phenoxy) is 1. The van der Waals surface area contributed by atoms with Crippen LogP contribution in [-0.2, 0) is 14.8 Å². The molecule has 0 amide bonds. The van der Waals surface area contributed by atoms with Crippen molar-refractivity contribution in [1.82, 2.24) is 9.21 Å². The van der Waals surface area contributed by atoms with Gasteiger partial charge in [-0.1, -0.05) is 12.8 Å². The Labute approximate surface area is 141 Å². The van der Waals surface area contributed by atoms with E-state index in [-0.39, 0.29) is 11.9 Å². The molecule has 3 fully saturated rings. The largest absolute Gasteiger partial charge is 0.378 e. The minimum absolute atomic E-state index is 0.163. The van der Waals surface area contributed by atoms with Crippen LogP contribution in [0, 0.1) is 0 Å². The van der Waals surface area contributed by atoms with Crippen LogP contribution in [0.3, 0.4) is 0 Å². The Hall–Kier alpha value is -0.170. The molecule has 0 radical (unpaired) electrons. The van der Waals surface area contributed by atoms with E-state index in [1.165, 1.54) is 25.7 Å². The molecule has 3 rings (SSSR count). The summed E-state index contributed by atoms with van der Waals surface area (Å²) in [6.45, 7) is 4.50. The van der Waals surface area contributed by atoms with Crippen LogP contribution in [0.15, 0.2) is 0 Å². The molecule has 0 saturated carbocycles. The van der Waals surface area contributed by atoms with Crippen molar-refractivity contribution in [3.8, 4) is 0 Å². The predicted molar refractivity (Wildman–Crippen MR) is 92.0 cm³/mol. The molecule has 0 aromatic rings. The van der Waals surface area contributed by atoms with Gasteiger partial charge in [-0.25, -0.2) is 12.7 Å². The summed E-state index contributed by atoms with van der Waals surface area (Å²) >= 11 is 0. The fourth-order valence-corrected chi connectivity index (χ4v) is 5.84. The van der Waals surface area contributed by atoms with Crippen molar-refractivity contribution >= 4 is 10.0 Å². The predicted octanol–water partition coefficient (Wildman–Crippen LogP) is 2.23. The molecule has 0 unspecified atom stereocenters. The van der Waals surface area contributed by atoms with E-state index in [4.69, 9.17) is 4.74 Å². The Bertz CT molecular complexity index is 454. The highest BCUT2D eigenvalue weighted by molar-refractivity contribution is 7.89. The van der Waals surface area contributed by atoms with E-state index < -0.39 is 10.0 Å². The zero-order valence-electron chi connectivity index (χ0n) is 14.3. The van der Waals surface area contributed by atoms with Crippen LogP contribution in [0.5, 0.6) is 0 Å². The zero-order chi connectivity index (χ0) is 16.1. The minimum Gasteiger partial charge on any atom is -0.378 e. The normalized spacial score (nSPS) is 32.0. The molecule has 0 bridgehead atoms. The van der Waals surface area contributed by atoms with E-state index in [0.29, 0.717) is 25.6 Å². The molecular formula is C17H32N2O3S. The first-order chi connectivity index (χ1) is 11.1. The van der Waals surface area contributed by atoms with Crippen molar-refractivity contribution in [3.63, 3.8) is 0 Å². The molecule has 23 heavy (non-hydrogen) atoms. The Morgan fingerprint density at radius 1 is 0.913 bits per heavy atom. The number of likely N-dealkylation sites (tertiary alicyclic amines) is 1. The summed E-state index contributed by atoms with van der Waals surface area (Å²) in [6, 6.07) is 0.430. The van der Waals surface area contributed by atoms with Crippen LogP contribution >= 0.6 is 0 Å². The molecule has 0 aliphatic carbocycles. The molecule has 3 aliphatic rings.